The molecule has 0 aliphatic rings. The van der Waals surface area contributed by atoms with Gasteiger partial charge in [0, 0.05) is 19.0 Å². The zero-order valence-electron chi connectivity index (χ0n) is 12.9. The second kappa shape index (κ2) is 7.31. The number of aromatic nitrogens is 3. The summed E-state index contributed by atoms with van der Waals surface area (Å²) in [7, 11) is 0. The summed E-state index contributed by atoms with van der Waals surface area (Å²) in [6, 6.07) is 5.42. The van der Waals surface area contributed by atoms with Crippen LogP contribution in [-0.2, 0) is 13.0 Å². The summed E-state index contributed by atoms with van der Waals surface area (Å²) < 4.78 is 15.4. The average molecular weight is 290 g/mol. The Morgan fingerprint density at radius 1 is 1.33 bits per heavy atom. The third-order valence-electron chi connectivity index (χ3n) is 3.61. The summed E-state index contributed by atoms with van der Waals surface area (Å²) in [5, 5.41) is 7.73. The first-order chi connectivity index (χ1) is 10.2. The molecular formula is C16H23FN4. The van der Waals surface area contributed by atoms with Crippen LogP contribution < -0.4 is 5.32 Å². The molecule has 1 atom stereocenters. The maximum absolute atomic E-state index is 13.5. The molecule has 1 N–H and O–H groups in total. The minimum Gasteiger partial charge on any atom is -0.310 e. The molecule has 1 aromatic heterocycles. The lowest BCUT2D eigenvalue weighted by atomic mass is 10.0. The fourth-order valence-corrected chi connectivity index (χ4v) is 2.40. The van der Waals surface area contributed by atoms with E-state index in [0.717, 1.165) is 37.3 Å². The van der Waals surface area contributed by atoms with E-state index in [2.05, 4.69) is 29.2 Å². The van der Waals surface area contributed by atoms with Crippen LogP contribution in [0.25, 0.3) is 0 Å². The number of hydrogen-bond donors (Lipinski definition) is 1. The lowest BCUT2D eigenvalue weighted by Crippen LogP contribution is -2.25. The van der Waals surface area contributed by atoms with Crippen molar-refractivity contribution < 1.29 is 4.39 Å². The molecule has 21 heavy (non-hydrogen) atoms. The molecule has 114 valence electrons. The number of nitrogens with one attached hydrogen (secondary N) is 1. The van der Waals surface area contributed by atoms with Gasteiger partial charge >= 0.3 is 0 Å². The molecular weight excluding hydrogens is 267 g/mol. The molecule has 0 radical (unpaired) electrons. The number of hydrogen-bond acceptors (Lipinski definition) is 3. The van der Waals surface area contributed by atoms with E-state index in [9.17, 15) is 4.39 Å². The largest absolute Gasteiger partial charge is 0.310 e. The monoisotopic (exact) mass is 290 g/mol. The van der Waals surface area contributed by atoms with Crippen molar-refractivity contribution in [3.63, 3.8) is 0 Å². The quantitative estimate of drug-likeness (QED) is 0.852. The number of halogens is 1. The van der Waals surface area contributed by atoms with Crippen LogP contribution in [0.2, 0.25) is 0 Å². The molecule has 1 unspecified atom stereocenters. The first kappa shape index (κ1) is 15.6. The van der Waals surface area contributed by atoms with Crippen LogP contribution in [0.15, 0.2) is 24.5 Å². The van der Waals surface area contributed by atoms with Gasteiger partial charge in [0.15, 0.2) is 0 Å². The molecule has 2 rings (SSSR count). The van der Waals surface area contributed by atoms with Gasteiger partial charge in [0.05, 0.1) is 0 Å². The second-order valence-electron chi connectivity index (χ2n) is 5.21. The fraction of sp³-hybridized carbons (Fsp3) is 0.500. The Morgan fingerprint density at radius 3 is 2.81 bits per heavy atom. The second-order valence-corrected chi connectivity index (χ2v) is 5.21. The minimum atomic E-state index is -0.162. The first-order valence-corrected chi connectivity index (χ1v) is 7.51. The Balaban J connectivity index is 2.23. The van der Waals surface area contributed by atoms with Gasteiger partial charge in [-0.3, -0.25) is 4.68 Å². The van der Waals surface area contributed by atoms with Gasteiger partial charge in [-0.2, -0.15) is 5.10 Å². The summed E-state index contributed by atoms with van der Waals surface area (Å²) in [6.07, 6.45) is 3.39. The predicted octanol–water partition coefficient (Wildman–Crippen LogP) is 3.03. The standard InChI is InChI=1S/C16H23FN4/c1-4-8-18-15(10-16-19-11-20-21(16)5-2)13-6-7-14(17)12(3)9-13/h6-7,9,11,15,18H,4-5,8,10H2,1-3H3. The summed E-state index contributed by atoms with van der Waals surface area (Å²) in [4.78, 5) is 4.34. The van der Waals surface area contributed by atoms with E-state index < -0.39 is 0 Å². The molecule has 5 heteroatoms. The average Bonchev–Trinajstić information content (AvgIpc) is 2.93. The van der Waals surface area contributed by atoms with Gasteiger partial charge in [-0.15, -0.1) is 0 Å². The number of benzene rings is 1. The van der Waals surface area contributed by atoms with E-state index in [1.165, 1.54) is 6.07 Å². The first-order valence-electron chi connectivity index (χ1n) is 7.51. The normalized spacial score (nSPS) is 12.6. The molecule has 0 fully saturated rings. The van der Waals surface area contributed by atoms with Crippen LogP contribution in [0.5, 0.6) is 0 Å². The van der Waals surface area contributed by atoms with E-state index in [1.807, 2.05) is 16.8 Å². The van der Waals surface area contributed by atoms with Gasteiger partial charge in [0.2, 0.25) is 0 Å². The predicted molar refractivity (Wildman–Crippen MR) is 81.6 cm³/mol. The Hall–Kier alpha value is -1.75. The molecule has 0 saturated carbocycles. The highest BCUT2D eigenvalue weighted by Crippen LogP contribution is 2.20. The molecule has 4 nitrogen and oxygen atoms in total. The van der Waals surface area contributed by atoms with Crippen molar-refractivity contribution in [1.29, 1.82) is 0 Å². The number of nitrogens with zero attached hydrogens (tertiary/aromatic N) is 3. The zero-order chi connectivity index (χ0) is 15.2. The third kappa shape index (κ3) is 3.88. The van der Waals surface area contributed by atoms with Gasteiger partial charge in [-0.25, -0.2) is 9.37 Å². The Kier molecular flexibility index (Phi) is 5.44. The van der Waals surface area contributed by atoms with Crippen LogP contribution in [0, 0.1) is 12.7 Å². The number of aryl methyl sites for hydroxylation is 2. The van der Waals surface area contributed by atoms with Crippen molar-refractivity contribution in [3.8, 4) is 0 Å². The molecule has 0 saturated heterocycles. The van der Waals surface area contributed by atoms with Crippen LogP contribution in [-0.4, -0.2) is 21.3 Å². The Morgan fingerprint density at radius 2 is 2.14 bits per heavy atom. The molecule has 0 spiro atoms. The van der Waals surface area contributed by atoms with Gasteiger partial charge < -0.3 is 5.32 Å². The summed E-state index contributed by atoms with van der Waals surface area (Å²) in [6.45, 7) is 7.70. The smallest absolute Gasteiger partial charge is 0.138 e. The molecule has 0 bridgehead atoms. The van der Waals surface area contributed by atoms with Crippen molar-refractivity contribution in [3.05, 3.63) is 47.3 Å². The fourth-order valence-electron chi connectivity index (χ4n) is 2.40. The highest BCUT2D eigenvalue weighted by atomic mass is 19.1. The van der Waals surface area contributed by atoms with E-state index in [0.29, 0.717) is 5.56 Å². The molecule has 0 amide bonds. The van der Waals surface area contributed by atoms with Gasteiger partial charge in [-0.1, -0.05) is 19.1 Å². The molecule has 0 aliphatic heterocycles. The van der Waals surface area contributed by atoms with Gasteiger partial charge in [0.25, 0.3) is 0 Å². The van der Waals surface area contributed by atoms with Crippen molar-refractivity contribution in [2.45, 2.75) is 46.2 Å². The van der Waals surface area contributed by atoms with E-state index in [-0.39, 0.29) is 11.9 Å². The molecule has 0 aliphatic carbocycles. The van der Waals surface area contributed by atoms with Crippen molar-refractivity contribution in [1.82, 2.24) is 20.1 Å². The van der Waals surface area contributed by atoms with E-state index in [1.54, 1.807) is 13.3 Å². The van der Waals surface area contributed by atoms with E-state index in [4.69, 9.17) is 0 Å². The third-order valence-corrected chi connectivity index (χ3v) is 3.61. The van der Waals surface area contributed by atoms with Gasteiger partial charge in [0.1, 0.15) is 18.0 Å². The maximum Gasteiger partial charge on any atom is 0.138 e. The highest BCUT2D eigenvalue weighted by molar-refractivity contribution is 5.27. The zero-order valence-corrected chi connectivity index (χ0v) is 12.9. The van der Waals surface area contributed by atoms with Crippen molar-refractivity contribution in [2.75, 3.05) is 6.54 Å². The summed E-state index contributed by atoms with van der Waals surface area (Å²) in [5.41, 5.74) is 1.76. The summed E-state index contributed by atoms with van der Waals surface area (Å²) >= 11 is 0. The van der Waals surface area contributed by atoms with E-state index >= 15 is 0 Å². The molecule has 2 aromatic rings. The van der Waals surface area contributed by atoms with Crippen LogP contribution in [0.3, 0.4) is 0 Å². The lowest BCUT2D eigenvalue weighted by molar-refractivity contribution is 0.495. The van der Waals surface area contributed by atoms with Crippen LogP contribution >= 0.6 is 0 Å². The minimum absolute atomic E-state index is 0.124. The Labute approximate surface area is 125 Å². The maximum atomic E-state index is 13.5. The number of rotatable bonds is 7. The van der Waals surface area contributed by atoms with Crippen molar-refractivity contribution in [2.24, 2.45) is 0 Å². The van der Waals surface area contributed by atoms with Gasteiger partial charge in [-0.05, 0) is 44.0 Å². The highest BCUT2D eigenvalue weighted by Gasteiger charge is 2.16. The Bertz CT molecular complexity index is 579. The molecule has 1 heterocycles. The van der Waals surface area contributed by atoms with Crippen LogP contribution in [0.4, 0.5) is 4.39 Å². The SMILES string of the molecule is CCCNC(Cc1ncnn1CC)c1ccc(F)c(C)c1. The summed E-state index contributed by atoms with van der Waals surface area (Å²) in [5.74, 6) is 0.790. The topological polar surface area (TPSA) is 42.7 Å². The van der Waals surface area contributed by atoms with Crippen molar-refractivity contribution >= 4 is 0 Å². The lowest BCUT2D eigenvalue weighted by Gasteiger charge is -2.19. The van der Waals surface area contributed by atoms with Crippen LogP contribution in [0.1, 0.15) is 43.3 Å². The molecule has 1 aromatic carbocycles.